The summed E-state index contributed by atoms with van der Waals surface area (Å²) in [6.45, 7) is 6.67. The van der Waals surface area contributed by atoms with Gasteiger partial charge >= 0.3 is 0 Å². The van der Waals surface area contributed by atoms with E-state index in [1.165, 1.54) is 86.0 Å². The van der Waals surface area contributed by atoms with Crippen molar-refractivity contribution >= 4 is 11.8 Å². The van der Waals surface area contributed by atoms with Crippen LogP contribution in [0.4, 0.5) is 0 Å². The zero-order chi connectivity index (χ0) is 15.3. The second-order valence-corrected chi connectivity index (χ2v) is 7.52. The highest BCUT2D eigenvalue weighted by atomic mass is 32.2. The first-order valence-electron chi connectivity index (χ1n) is 8.93. The van der Waals surface area contributed by atoms with Crippen molar-refractivity contribution in [2.45, 2.75) is 89.9 Å². The summed E-state index contributed by atoms with van der Waals surface area (Å²) in [6.07, 6.45) is 14.3. The molecule has 1 aromatic rings. The molecule has 1 aromatic carbocycles. The third-order valence-electron chi connectivity index (χ3n) is 3.96. The van der Waals surface area contributed by atoms with E-state index in [-0.39, 0.29) is 0 Å². The lowest BCUT2D eigenvalue weighted by Gasteiger charge is -2.05. The van der Waals surface area contributed by atoms with E-state index in [0.717, 1.165) is 0 Å². The Morgan fingerprint density at radius 1 is 0.667 bits per heavy atom. The van der Waals surface area contributed by atoms with Gasteiger partial charge < -0.3 is 0 Å². The summed E-state index contributed by atoms with van der Waals surface area (Å²) in [4.78, 5) is 1.45. The molecule has 0 amide bonds. The molecule has 0 heterocycles. The molecule has 0 aromatic heterocycles. The molecule has 0 aliphatic rings. The maximum Gasteiger partial charge on any atom is 0.00772 e. The predicted octanol–water partition coefficient (Wildman–Crippen LogP) is 7.32. The highest BCUT2D eigenvalue weighted by molar-refractivity contribution is 7.99. The monoisotopic (exact) mass is 306 g/mol. The quantitative estimate of drug-likeness (QED) is 0.288. The summed E-state index contributed by atoms with van der Waals surface area (Å²) in [7, 11) is 0. The lowest BCUT2D eigenvalue weighted by Crippen LogP contribution is -1.85. The Bertz CT molecular complexity index is 350. The van der Waals surface area contributed by atoms with Crippen LogP contribution in [-0.4, -0.2) is 5.75 Å². The van der Waals surface area contributed by atoms with Gasteiger partial charge in [0.05, 0.1) is 0 Å². The molecule has 0 bridgehead atoms. The number of aryl methyl sites for hydroxylation is 2. The minimum atomic E-state index is 1.28. The Hall–Kier alpha value is -0.430. The molecule has 120 valence electrons. The fourth-order valence-corrected chi connectivity index (χ4v) is 3.92. The van der Waals surface area contributed by atoms with Crippen molar-refractivity contribution < 1.29 is 0 Å². The van der Waals surface area contributed by atoms with Gasteiger partial charge in [0.25, 0.3) is 0 Å². The van der Waals surface area contributed by atoms with E-state index in [0.29, 0.717) is 0 Å². The van der Waals surface area contributed by atoms with Crippen LogP contribution in [0.1, 0.15) is 82.3 Å². The van der Waals surface area contributed by atoms with E-state index in [9.17, 15) is 0 Å². The largest absolute Gasteiger partial charge is 0.126 e. The predicted molar refractivity (Wildman–Crippen MR) is 98.5 cm³/mol. The molecule has 1 heteroatoms. The van der Waals surface area contributed by atoms with Crippen LogP contribution in [0.5, 0.6) is 0 Å². The average Bonchev–Trinajstić information content (AvgIpc) is 2.44. The van der Waals surface area contributed by atoms with Crippen molar-refractivity contribution in [1.82, 2.24) is 0 Å². The standard InChI is InChI=1S/C20H34S/c1-4-5-6-7-8-9-10-11-12-13-14-21-20-16-18(2)15-19(3)17-20/h15-17H,4-14H2,1-3H3. The summed E-state index contributed by atoms with van der Waals surface area (Å²) in [5, 5.41) is 0. The van der Waals surface area contributed by atoms with Crippen LogP contribution < -0.4 is 0 Å². The van der Waals surface area contributed by atoms with Crippen molar-refractivity contribution in [2.24, 2.45) is 0 Å². The fraction of sp³-hybridized carbons (Fsp3) is 0.700. The molecule has 0 unspecified atom stereocenters. The minimum absolute atomic E-state index is 1.28. The molecular formula is C20H34S. The highest BCUT2D eigenvalue weighted by Crippen LogP contribution is 2.22. The topological polar surface area (TPSA) is 0 Å². The first-order valence-corrected chi connectivity index (χ1v) is 9.92. The second-order valence-electron chi connectivity index (χ2n) is 6.35. The lowest BCUT2D eigenvalue weighted by molar-refractivity contribution is 0.563. The highest BCUT2D eigenvalue weighted by Gasteiger charge is 1.97. The Labute approximate surface area is 137 Å². The van der Waals surface area contributed by atoms with E-state index in [1.807, 2.05) is 11.8 Å². The molecule has 0 aliphatic carbocycles. The van der Waals surface area contributed by atoms with Gasteiger partial charge in [0.1, 0.15) is 0 Å². The number of unbranched alkanes of at least 4 members (excludes halogenated alkanes) is 9. The van der Waals surface area contributed by atoms with E-state index in [4.69, 9.17) is 0 Å². The summed E-state index contributed by atoms with van der Waals surface area (Å²) < 4.78 is 0. The van der Waals surface area contributed by atoms with Gasteiger partial charge in [-0.25, -0.2) is 0 Å². The van der Waals surface area contributed by atoms with Crippen molar-refractivity contribution in [1.29, 1.82) is 0 Å². The van der Waals surface area contributed by atoms with Gasteiger partial charge in [-0.05, 0) is 49.3 Å². The molecule has 0 spiro atoms. The smallest absolute Gasteiger partial charge is 0.00772 e. The van der Waals surface area contributed by atoms with Gasteiger partial charge in [-0.2, -0.15) is 0 Å². The normalized spacial score (nSPS) is 11.0. The first-order chi connectivity index (χ1) is 10.2. The number of thioether (sulfide) groups is 1. The Morgan fingerprint density at radius 3 is 1.67 bits per heavy atom. The minimum Gasteiger partial charge on any atom is -0.126 e. The van der Waals surface area contributed by atoms with Crippen molar-refractivity contribution in [3.8, 4) is 0 Å². The lowest BCUT2D eigenvalue weighted by atomic mass is 10.1. The van der Waals surface area contributed by atoms with Crippen molar-refractivity contribution in [3.05, 3.63) is 29.3 Å². The molecular weight excluding hydrogens is 272 g/mol. The molecule has 21 heavy (non-hydrogen) atoms. The van der Waals surface area contributed by atoms with Gasteiger partial charge in [-0.15, -0.1) is 11.8 Å². The summed E-state index contributed by atoms with van der Waals surface area (Å²) in [5.74, 6) is 1.28. The second kappa shape index (κ2) is 12.1. The van der Waals surface area contributed by atoms with E-state index in [1.54, 1.807) is 0 Å². The Kier molecular flexibility index (Phi) is 10.8. The molecule has 0 N–H and O–H groups in total. The molecule has 0 saturated carbocycles. The number of hydrogen-bond donors (Lipinski definition) is 0. The third kappa shape index (κ3) is 10.0. The zero-order valence-corrected chi connectivity index (χ0v) is 15.2. The molecule has 0 nitrogen and oxygen atoms in total. The SMILES string of the molecule is CCCCCCCCCCCCSc1cc(C)cc(C)c1. The molecule has 0 aliphatic heterocycles. The molecule has 0 radical (unpaired) electrons. The van der Waals surface area contributed by atoms with Gasteiger partial charge in [0, 0.05) is 4.90 Å². The molecule has 0 saturated heterocycles. The van der Waals surface area contributed by atoms with Crippen molar-refractivity contribution in [3.63, 3.8) is 0 Å². The van der Waals surface area contributed by atoms with Crippen LogP contribution in [0.2, 0.25) is 0 Å². The van der Waals surface area contributed by atoms with Crippen LogP contribution >= 0.6 is 11.8 Å². The van der Waals surface area contributed by atoms with Crippen LogP contribution in [0.25, 0.3) is 0 Å². The molecule has 1 rings (SSSR count). The van der Waals surface area contributed by atoms with E-state index < -0.39 is 0 Å². The average molecular weight is 307 g/mol. The van der Waals surface area contributed by atoms with Crippen LogP contribution in [0.3, 0.4) is 0 Å². The van der Waals surface area contributed by atoms with E-state index >= 15 is 0 Å². The Balaban J connectivity index is 1.93. The number of hydrogen-bond acceptors (Lipinski definition) is 1. The number of rotatable bonds is 12. The molecule has 0 atom stereocenters. The van der Waals surface area contributed by atoms with Gasteiger partial charge in [0.15, 0.2) is 0 Å². The molecule has 0 fully saturated rings. The number of benzene rings is 1. The first kappa shape index (κ1) is 18.6. The van der Waals surface area contributed by atoms with Crippen molar-refractivity contribution in [2.75, 3.05) is 5.75 Å². The maximum atomic E-state index is 2.31. The summed E-state index contributed by atoms with van der Waals surface area (Å²) in [6, 6.07) is 6.88. The summed E-state index contributed by atoms with van der Waals surface area (Å²) >= 11 is 2.03. The van der Waals surface area contributed by atoms with Gasteiger partial charge in [0.2, 0.25) is 0 Å². The summed E-state index contributed by atoms with van der Waals surface area (Å²) in [5.41, 5.74) is 2.78. The van der Waals surface area contributed by atoms with E-state index in [2.05, 4.69) is 39.0 Å². The Morgan fingerprint density at radius 2 is 1.14 bits per heavy atom. The fourth-order valence-electron chi connectivity index (χ4n) is 2.80. The van der Waals surface area contributed by atoms with Crippen LogP contribution in [-0.2, 0) is 0 Å². The maximum absolute atomic E-state index is 2.31. The van der Waals surface area contributed by atoms with Crippen LogP contribution in [0, 0.1) is 13.8 Å². The van der Waals surface area contributed by atoms with Gasteiger partial charge in [-0.3, -0.25) is 0 Å². The third-order valence-corrected chi connectivity index (χ3v) is 5.02. The van der Waals surface area contributed by atoms with Gasteiger partial charge in [-0.1, -0.05) is 70.8 Å². The zero-order valence-electron chi connectivity index (χ0n) is 14.4. The van der Waals surface area contributed by atoms with Crippen LogP contribution in [0.15, 0.2) is 23.1 Å².